The van der Waals surface area contributed by atoms with Gasteiger partial charge in [-0.3, -0.25) is 5.41 Å². The Morgan fingerprint density at radius 1 is 1.26 bits per heavy atom. The largest absolute Gasteiger partial charge is 0.497 e. The number of nitrogens with zero attached hydrogens (tertiary/aromatic N) is 2. The van der Waals surface area contributed by atoms with Crippen LogP contribution in [0.5, 0.6) is 11.5 Å². The number of ether oxygens (including phenoxy) is 2. The molecular weight excluding hydrogens is 340 g/mol. The smallest absolute Gasteiger partial charge is 0.151 e. The van der Waals surface area contributed by atoms with E-state index in [1.54, 1.807) is 7.11 Å². The van der Waals surface area contributed by atoms with Gasteiger partial charge in [0, 0.05) is 49.1 Å². The molecular formula is C21H26N4O2. The van der Waals surface area contributed by atoms with E-state index in [1.165, 1.54) is 0 Å². The number of benzene rings is 1. The van der Waals surface area contributed by atoms with Crippen molar-refractivity contribution in [3.05, 3.63) is 36.1 Å². The molecule has 0 spiro atoms. The highest BCUT2D eigenvalue weighted by Crippen LogP contribution is 2.46. The van der Waals surface area contributed by atoms with Crippen molar-refractivity contribution in [3.63, 3.8) is 0 Å². The Hall–Kier alpha value is -2.89. The molecule has 0 saturated carbocycles. The van der Waals surface area contributed by atoms with Gasteiger partial charge in [-0.05, 0) is 18.1 Å². The molecule has 0 aliphatic carbocycles. The van der Waals surface area contributed by atoms with Crippen molar-refractivity contribution < 1.29 is 9.47 Å². The first-order valence-electron chi connectivity index (χ1n) is 9.22. The Labute approximate surface area is 158 Å². The molecule has 1 aliphatic rings. The zero-order chi connectivity index (χ0) is 19.3. The van der Waals surface area contributed by atoms with Gasteiger partial charge < -0.3 is 23.9 Å². The van der Waals surface area contributed by atoms with Gasteiger partial charge in [0.15, 0.2) is 5.75 Å². The van der Waals surface area contributed by atoms with Gasteiger partial charge >= 0.3 is 0 Å². The number of hydrogen-bond donors (Lipinski definition) is 2. The Balaban J connectivity index is 2.02. The third kappa shape index (κ3) is 2.76. The number of methoxy groups -OCH3 is 1. The normalized spacial score (nSPS) is 16.5. The monoisotopic (exact) mass is 366 g/mol. The minimum absolute atomic E-state index is 0.126. The van der Waals surface area contributed by atoms with Crippen LogP contribution in [0.25, 0.3) is 22.0 Å². The number of rotatable bonds is 3. The fraction of sp³-hybridized carbons (Fsp3) is 0.381. The first-order valence-corrected chi connectivity index (χ1v) is 9.22. The quantitative estimate of drug-likeness (QED) is 0.745. The number of nitrogens with one attached hydrogen (secondary N) is 2. The van der Waals surface area contributed by atoms with Crippen molar-refractivity contribution >= 4 is 16.6 Å². The van der Waals surface area contributed by atoms with Gasteiger partial charge in [0.05, 0.1) is 24.9 Å². The van der Waals surface area contributed by atoms with Crippen LogP contribution in [0.2, 0.25) is 0 Å². The number of hydrogen-bond acceptors (Lipinski definition) is 4. The topological polar surface area (TPSA) is 66.3 Å². The molecule has 2 aromatic heterocycles. The molecule has 6 nitrogen and oxygen atoms in total. The van der Waals surface area contributed by atoms with Crippen LogP contribution in [0.3, 0.4) is 0 Å². The average Bonchev–Trinajstić information content (AvgIpc) is 3.14. The fourth-order valence-electron chi connectivity index (χ4n) is 3.73. The maximum atomic E-state index is 8.32. The number of aryl methyl sites for hydroxylation is 1. The van der Waals surface area contributed by atoms with Crippen LogP contribution in [-0.4, -0.2) is 36.4 Å². The molecule has 1 aromatic carbocycles. The Bertz CT molecular complexity index is 1060. The van der Waals surface area contributed by atoms with Gasteiger partial charge in [0.1, 0.15) is 17.3 Å². The molecule has 27 heavy (non-hydrogen) atoms. The lowest BCUT2D eigenvalue weighted by Gasteiger charge is -2.37. The van der Waals surface area contributed by atoms with Crippen LogP contribution in [-0.2, 0) is 7.05 Å². The molecule has 1 unspecified atom stereocenters. The minimum atomic E-state index is 0.126. The van der Waals surface area contributed by atoms with Crippen molar-refractivity contribution in [2.75, 3.05) is 25.6 Å². The number of H-pyrrole nitrogens is 1. The molecule has 1 aliphatic heterocycles. The van der Waals surface area contributed by atoms with E-state index in [9.17, 15) is 0 Å². The van der Waals surface area contributed by atoms with Crippen LogP contribution in [0, 0.1) is 11.3 Å². The summed E-state index contributed by atoms with van der Waals surface area (Å²) in [6.07, 6.45) is 4.00. The predicted molar refractivity (Wildman–Crippen MR) is 108 cm³/mol. The molecule has 0 radical (unpaired) electrons. The van der Waals surface area contributed by atoms with Crippen molar-refractivity contribution in [1.82, 2.24) is 9.55 Å². The van der Waals surface area contributed by atoms with E-state index in [4.69, 9.17) is 14.9 Å². The summed E-state index contributed by atoms with van der Waals surface area (Å²) in [4.78, 5) is 5.43. The van der Waals surface area contributed by atoms with Crippen LogP contribution >= 0.6 is 0 Å². The summed E-state index contributed by atoms with van der Waals surface area (Å²) in [7, 11) is 5.67. The van der Waals surface area contributed by atoms with Gasteiger partial charge in [-0.25, -0.2) is 0 Å². The maximum absolute atomic E-state index is 8.32. The molecule has 4 rings (SSSR count). The van der Waals surface area contributed by atoms with Crippen molar-refractivity contribution in [2.45, 2.75) is 20.0 Å². The van der Waals surface area contributed by atoms with Crippen LogP contribution < -0.4 is 19.9 Å². The number of pyridine rings is 1. The predicted octanol–water partition coefficient (Wildman–Crippen LogP) is 3.51. The van der Waals surface area contributed by atoms with Gasteiger partial charge in [-0.15, -0.1) is 0 Å². The van der Waals surface area contributed by atoms with Crippen molar-refractivity contribution in [2.24, 2.45) is 13.0 Å². The van der Waals surface area contributed by atoms with Gasteiger partial charge in [0.25, 0.3) is 0 Å². The highest BCUT2D eigenvalue weighted by molar-refractivity contribution is 5.97. The van der Waals surface area contributed by atoms with Gasteiger partial charge in [-0.2, -0.15) is 0 Å². The second kappa shape index (κ2) is 6.37. The lowest BCUT2D eigenvalue weighted by atomic mass is 9.98. The summed E-state index contributed by atoms with van der Waals surface area (Å²) >= 11 is 0. The molecule has 0 amide bonds. The van der Waals surface area contributed by atoms with Crippen molar-refractivity contribution in [3.8, 4) is 22.6 Å². The van der Waals surface area contributed by atoms with E-state index in [0.29, 0.717) is 11.4 Å². The Morgan fingerprint density at radius 2 is 2.04 bits per heavy atom. The number of anilines is 1. The third-order valence-electron chi connectivity index (χ3n) is 5.40. The fourth-order valence-corrected chi connectivity index (χ4v) is 3.73. The second-order valence-electron chi connectivity index (χ2n) is 7.57. The summed E-state index contributed by atoms with van der Waals surface area (Å²) in [6, 6.07) is 6.07. The van der Waals surface area contributed by atoms with E-state index >= 15 is 0 Å². The summed E-state index contributed by atoms with van der Waals surface area (Å²) in [5.41, 5.74) is 4.31. The lowest BCUT2D eigenvalue weighted by molar-refractivity contribution is 0.148. The van der Waals surface area contributed by atoms with Crippen LogP contribution in [0.15, 0.2) is 30.6 Å². The second-order valence-corrected chi connectivity index (χ2v) is 7.57. The molecule has 2 N–H and O–H groups in total. The molecule has 3 heterocycles. The molecule has 3 aromatic rings. The third-order valence-corrected chi connectivity index (χ3v) is 5.40. The van der Waals surface area contributed by atoms with Crippen LogP contribution in [0.4, 0.5) is 5.69 Å². The molecule has 6 heteroatoms. The standard InChI is InChI=1S/C21H26N4O2/c1-12(2)18-11-24(3)17-9-13(26-5)8-15(20(17)27-18)16-10-25(4)21(22)19-14(16)6-7-23-19/h6-10,12,18,22-23H,11H2,1-5H3. The molecule has 1 atom stereocenters. The number of aromatic amines is 1. The number of aromatic nitrogens is 2. The van der Waals surface area contributed by atoms with Crippen molar-refractivity contribution in [1.29, 1.82) is 5.41 Å². The first-order chi connectivity index (χ1) is 12.9. The summed E-state index contributed by atoms with van der Waals surface area (Å²) in [5, 5.41) is 9.32. The summed E-state index contributed by atoms with van der Waals surface area (Å²) < 4.78 is 13.9. The SMILES string of the molecule is COc1cc(-c2cn(C)c(=N)c3[nH]ccc23)c2c(c1)N(C)CC(C(C)C)O2. The Morgan fingerprint density at radius 3 is 2.74 bits per heavy atom. The summed E-state index contributed by atoms with van der Waals surface area (Å²) in [6.45, 7) is 5.22. The average molecular weight is 366 g/mol. The maximum Gasteiger partial charge on any atom is 0.151 e. The molecule has 0 fully saturated rings. The lowest BCUT2D eigenvalue weighted by Crippen LogP contribution is -2.40. The Kier molecular flexibility index (Phi) is 4.13. The zero-order valence-electron chi connectivity index (χ0n) is 16.5. The minimum Gasteiger partial charge on any atom is -0.497 e. The summed E-state index contributed by atoms with van der Waals surface area (Å²) in [5.74, 6) is 2.08. The first kappa shape index (κ1) is 17.5. The van der Waals surface area contributed by atoms with E-state index in [-0.39, 0.29) is 6.10 Å². The van der Waals surface area contributed by atoms with E-state index in [1.807, 2.05) is 42.2 Å². The van der Waals surface area contributed by atoms with Crippen LogP contribution in [0.1, 0.15) is 13.8 Å². The van der Waals surface area contributed by atoms with E-state index in [2.05, 4.69) is 30.8 Å². The zero-order valence-corrected chi connectivity index (χ0v) is 16.5. The van der Waals surface area contributed by atoms with Gasteiger partial charge in [-0.1, -0.05) is 13.8 Å². The highest BCUT2D eigenvalue weighted by Gasteiger charge is 2.29. The molecule has 0 saturated heterocycles. The number of fused-ring (bicyclic) bond motifs is 2. The number of likely N-dealkylation sites (N-methyl/N-ethyl adjacent to an activating group) is 1. The van der Waals surface area contributed by atoms with Gasteiger partial charge in [0.2, 0.25) is 0 Å². The van der Waals surface area contributed by atoms with E-state index in [0.717, 1.165) is 45.8 Å². The van der Waals surface area contributed by atoms with E-state index < -0.39 is 0 Å². The molecule has 142 valence electrons. The molecule has 0 bridgehead atoms. The highest BCUT2D eigenvalue weighted by atomic mass is 16.5.